The van der Waals surface area contributed by atoms with Crippen molar-refractivity contribution in [3.8, 4) is 0 Å². The molecule has 26 heavy (non-hydrogen) atoms. The van der Waals surface area contributed by atoms with Crippen molar-refractivity contribution in [3.05, 3.63) is 65.2 Å². The number of thioether (sulfide) groups is 1. The number of nitrogens with one attached hydrogen (secondary N) is 1. The first kappa shape index (κ1) is 16.7. The first-order valence-corrected chi connectivity index (χ1v) is 9.17. The second-order valence-corrected chi connectivity index (χ2v) is 7.17. The molecule has 132 valence electrons. The molecule has 7 heteroatoms. The number of ether oxygens (including phenoxy) is 1. The zero-order valence-corrected chi connectivity index (χ0v) is 14.8. The SMILES string of the molecule is COC(=O)c1ccc(NC(=O)[C@@H]2CSC3c4ccccc4C(=O)N32)cc1. The predicted molar refractivity (Wildman–Crippen MR) is 98.0 cm³/mol. The summed E-state index contributed by atoms with van der Waals surface area (Å²) in [7, 11) is 1.32. The summed E-state index contributed by atoms with van der Waals surface area (Å²) in [5, 5.41) is 2.73. The first-order chi connectivity index (χ1) is 12.6. The minimum absolute atomic E-state index is 0.100. The molecule has 0 radical (unpaired) electrons. The van der Waals surface area contributed by atoms with Crippen molar-refractivity contribution < 1.29 is 19.1 Å². The maximum atomic E-state index is 12.7. The Morgan fingerprint density at radius 1 is 1.15 bits per heavy atom. The highest BCUT2D eigenvalue weighted by molar-refractivity contribution is 7.99. The van der Waals surface area contributed by atoms with E-state index in [0.717, 1.165) is 5.56 Å². The predicted octanol–water partition coefficient (Wildman–Crippen LogP) is 2.68. The third kappa shape index (κ3) is 2.64. The van der Waals surface area contributed by atoms with E-state index in [2.05, 4.69) is 10.1 Å². The molecule has 1 N–H and O–H groups in total. The molecule has 2 aliphatic rings. The van der Waals surface area contributed by atoms with Crippen molar-refractivity contribution >= 4 is 35.2 Å². The van der Waals surface area contributed by atoms with E-state index in [9.17, 15) is 14.4 Å². The highest BCUT2D eigenvalue weighted by atomic mass is 32.2. The van der Waals surface area contributed by atoms with Crippen LogP contribution in [0.3, 0.4) is 0 Å². The molecule has 2 aromatic carbocycles. The van der Waals surface area contributed by atoms with Gasteiger partial charge in [-0.3, -0.25) is 9.59 Å². The summed E-state index contributed by atoms with van der Waals surface area (Å²) in [5.41, 5.74) is 2.62. The smallest absolute Gasteiger partial charge is 0.337 e. The lowest BCUT2D eigenvalue weighted by molar-refractivity contribution is -0.119. The Kier molecular flexibility index (Phi) is 4.16. The molecule has 0 aliphatic carbocycles. The van der Waals surface area contributed by atoms with Crippen LogP contribution < -0.4 is 5.32 Å². The van der Waals surface area contributed by atoms with Crippen LogP contribution >= 0.6 is 11.8 Å². The van der Waals surface area contributed by atoms with E-state index in [-0.39, 0.29) is 17.2 Å². The van der Waals surface area contributed by atoms with Crippen molar-refractivity contribution in [1.29, 1.82) is 0 Å². The molecule has 0 bridgehead atoms. The summed E-state index contributed by atoms with van der Waals surface area (Å²) in [5.74, 6) is -0.210. The summed E-state index contributed by atoms with van der Waals surface area (Å²) in [6.07, 6.45) is 0. The van der Waals surface area contributed by atoms with Crippen LogP contribution in [-0.4, -0.2) is 41.6 Å². The lowest BCUT2D eigenvalue weighted by atomic mass is 10.1. The van der Waals surface area contributed by atoms with Gasteiger partial charge in [-0.15, -0.1) is 11.8 Å². The van der Waals surface area contributed by atoms with Gasteiger partial charge < -0.3 is 15.0 Å². The number of carbonyl (C=O) groups is 3. The van der Waals surface area contributed by atoms with Gasteiger partial charge in [0.1, 0.15) is 11.4 Å². The fourth-order valence-corrected chi connectivity index (χ4v) is 4.74. The molecule has 1 unspecified atom stereocenters. The zero-order valence-electron chi connectivity index (χ0n) is 14.0. The fraction of sp³-hybridized carbons (Fsp3) is 0.211. The molecule has 1 fully saturated rings. The fourth-order valence-electron chi connectivity index (χ4n) is 3.28. The van der Waals surface area contributed by atoms with E-state index in [0.29, 0.717) is 22.6 Å². The molecule has 0 spiro atoms. The van der Waals surface area contributed by atoms with Crippen LogP contribution in [0.25, 0.3) is 0 Å². The van der Waals surface area contributed by atoms with E-state index in [1.165, 1.54) is 7.11 Å². The van der Waals surface area contributed by atoms with Gasteiger partial charge in [0.2, 0.25) is 5.91 Å². The Labute approximate surface area is 154 Å². The van der Waals surface area contributed by atoms with Gasteiger partial charge >= 0.3 is 5.97 Å². The van der Waals surface area contributed by atoms with Crippen molar-refractivity contribution in [1.82, 2.24) is 4.90 Å². The average molecular weight is 368 g/mol. The summed E-state index contributed by atoms with van der Waals surface area (Å²) in [6.45, 7) is 0. The largest absolute Gasteiger partial charge is 0.465 e. The highest BCUT2D eigenvalue weighted by Gasteiger charge is 2.48. The van der Waals surface area contributed by atoms with Crippen LogP contribution in [0.1, 0.15) is 31.7 Å². The lowest BCUT2D eigenvalue weighted by Crippen LogP contribution is -2.42. The molecule has 2 amide bonds. The topological polar surface area (TPSA) is 75.7 Å². The zero-order chi connectivity index (χ0) is 18.3. The van der Waals surface area contributed by atoms with E-state index >= 15 is 0 Å². The van der Waals surface area contributed by atoms with E-state index < -0.39 is 12.0 Å². The number of fused-ring (bicyclic) bond motifs is 3. The number of hydrogen-bond acceptors (Lipinski definition) is 5. The monoisotopic (exact) mass is 368 g/mol. The number of anilines is 1. The van der Waals surface area contributed by atoms with Crippen molar-refractivity contribution in [2.24, 2.45) is 0 Å². The van der Waals surface area contributed by atoms with Gasteiger partial charge in [0.05, 0.1) is 12.7 Å². The van der Waals surface area contributed by atoms with Gasteiger partial charge in [0, 0.05) is 17.0 Å². The highest BCUT2D eigenvalue weighted by Crippen LogP contribution is 2.48. The average Bonchev–Trinajstić information content (AvgIpc) is 3.22. The summed E-state index contributed by atoms with van der Waals surface area (Å²) in [4.78, 5) is 38.5. The molecule has 2 atom stereocenters. The van der Waals surface area contributed by atoms with Crippen LogP contribution in [0, 0.1) is 0 Å². The van der Waals surface area contributed by atoms with Gasteiger partial charge in [0.15, 0.2) is 0 Å². The lowest BCUT2D eigenvalue weighted by Gasteiger charge is -2.22. The molecular formula is C19H16N2O4S. The number of esters is 1. The molecular weight excluding hydrogens is 352 g/mol. The molecule has 2 aliphatic heterocycles. The van der Waals surface area contributed by atoms with Crippen LogP contribution in [0.2, 0.25) is 0 Å². The molecule has 2 heterocycles. The van der Waals surface area contributed by atoms with Gasteiger partial charge in [0.25, 0.3) is 5.91 Å². The number of amides is 2. The second kappa shape index (κ2) is 6.49. The number of benzene rings is 2. The van der Waals surface area contributed by atoms with Gasteiger partial charge in [-0.2, -0.15) is 0 Å². The minimum atomic E-state index is -0.523. The molecule has 4 rings (SSSR count). The Morgan fingerprint density at radius 3 is 2.62 bits per heavy atom. The number of hydrogen-bond donors (Lipinski definition) is 1. The minimum Gasteiger partial charge on any atom is -0.465 e. The summed E-state index contributed by atoms with van der Waals surface area (Å²) < 4.78 is 4.66. The molecule has 0 aromatic heterocycles. The van der Waals surface area contributed by atoms with Gasteiger partial charge in [-0.25, -0.2) is 4.79 Å². The van der Waals surface area contributed by atoms with Crippen LogP contribution in [0.4, 0.5) is 5.69 Å². The Hall–Kier alpha value is -2.80. The second-order valence-electron chi connectivity index (χ2n) is 6.06. The molecule has 6 nitrogen and oxygen atoms in total. The number of carbonyl (C=O) groups excluding carboxylic acids is 3. The quantitative estimate of drug-likeness (QED) is 0.843. The molecule has 0 saturated carbocycles. The standard InChI is InChI=1S/C19H16N2O4S/c1-25-19(24)11-6-8-12(9-7-11)20-16(22)15-10-26-18-14-5-3-2-4-13(14)17(23)21(15)18/h2-9,15,18H,10H2,1H3,(H,20,22)/t15-,18?/m0/s1. The third-order valence-electron chi connectivity index (χ3n) is 4.57. The number of nitrogens with zero attached hydrogens (tertiary/aromatic N) is 1. The normalized spacial score (nSPS) is 20.5. The first-order valence-electron chi connectivity index (χ1n) is 8.12. The van der Waals surface area contributed by atoms with Crippen molar-refractivity contribution in [2.45, 2.75) is 11.4 Å². The summed E-state index contributed by atoms with van der Waals surface area (Å²) in [6, 6.07) is 13.4. The van der Waals surface area contributed by atoms with E-state index in [4.69, 9.17) is 0 Å². The number of rotatable bonds is 3. The Balaban J connectivity index is 1.50. The molecule has 2 aromatic rings. The van der Waals surface area contributed by atoms with Crippen LogP contribution in [-0.2, 0) is 9.53 Å². The van der Waals surface area contributed by atoms with Gasteiger partial charge in [-0.1, -0.05) is 18.2 Å². The maximum absolute atomic E-state index is 12.7. The van der Waals surface area contributed by atoms with Crippen molar-refractivity contribution in [3.63, 3.8) is 0 Å². The summed E-state index contributed by atoms with van der Waals surface area (Å²) >= 11 is 1.60. The Bertz CT molecular complexity index is 897. The number of methoxy groups -OCH3 is 1. The van der Waals surface area contributed by atoms with E-state index in [1.54, 1.807) is 47.0 Å². The van der Waals surface area contributed by atoms with Crippen LogP contribution in [0.15, 0.2) is 48.5 Å². The molecule has 1 saturated heterocycles. The van der Waals surface area contributed by atoms with E-state index in [1.807, 2.05) is 18.2 Å². The third-order valence-corrected chi connectivity index (χ3v) is 5.87. The van der Waals surface area contributed by atoms with Crippen LogP contribution in [0.5, 0.6) is 0 Å². The Morgan fingerprint density at radius 2 is 1.88 bits per heavy atom. The van der Waals surface area contributed by atoms with Gasteiger partial charge in [-0.05, 0) is 35.9 Å². The maximum Gasteiger partial charge on any atom is 0.337 e. The van der Waals surface area contributed by atoms with Crippen molar-refractivity contribution in [2.75, 3.05) is 18.2 Å².